The van der Waals surface area contributed by atoms with E-state index in [4.69, 9.17) is 16.3 Å². The van der Waals surface area contributed by atoms with Crippen LogP contribution >= 0.6 is 23.4 Å². The molecular weight excluding hydrogens is 370 g/mol. The van der Waals surface area contributed by atoms with Crippen LogP contribution in [0.3, 0.4) is 0 Å². The van der Waals surface area contributed by atoms with Crippen molar-refractivity contribution in [3.63, 3.8) is 0 Å². The molecule has 2 aliphatic rings. The van der Waals surface area contributed by atoms with Crippen molar-refractivity contribution < 1.29 is 9.53 Å². The molecule has 0 N–H and O–H groups in total. The highest BCUT2D eigenvalue weighted by molar-refractivity contribution is 7.99. The molecule has 2 aliphatic heterocycles. The molecule has 1 aromatic carbocycles. The van der Waals surface area contributed by atoms with Crippen molar-refractivity contribution in [3.8, 4) is 0 Å². The van der Waals surface area contributed by atoms with Crippen LogP contribution in [0.2, 0.25) is 5.02 Å². The van der Waals surface area contributed by atoms with Gasteiger partial charge in [0.2, 0.25) is 5.91 Å². The smallest absolute Gasteiger partial charge is 0.236 e. The normalized spacial score (nSPS) is 19.7. The summed E-state index contributed by atoms with van der Waals surface area (Å²) in [6.45, 7) is 8.50. The van der Waals surface area contributed by atoms with Crippen LogP contribution in [-0.2, 0) is 9.53 Å². The minimum atomic E-state index is 0.265. The molecule has 0 saturated carbocycles. The van der Waals surface area contributed by atoms with Gasteiger partial charge in [0.05, 0.1) is 24.8 Å². The van der Waals surface area contributed by atoms with E-state index in [1.807, 2.05) is 34.9 Å². The Kier molecular flexibility index (Phi) is 8.08. The summed E-state index contributed by atoms with van der Waals surface area (Å²) in [7, 11) is 0. The molecule has 0 bridgehead atoms. The van der Waals surface area contributed by atoms with E-state index in [0.717, 1.165) is 81.1 Å². The first kappa shape index (κ1) is 20.0. The number of carbonyl (C=O) groups is 1. The summed E-state index contributed by atoms with van der Waals surface area (Å²) in [5.74, 6) is 1.33. The summed E-state index contributed by atoms with van der Waals surface area (Å²) >= 11 is 8.01. The van der Waals surface area contributed by atoms with Crippen molar-refractivity contribution in [1.82, 2.24) is 14.7 Å². The number of thioether (sulfide) groups is 1. The van der Waals surface area contributed by atoms with Crippen LogP contribution < -0.4 is 0 Å². The summed E-state index contributed by atoms with van der Waals surface area (Å²) < 4.78 is 5.34. The number of rotatable bonds is 7. The van der Waals surface area contributed by atoms with E-state index < -0.39 is 0 Å². The van der Waals surface area contributed by atoms with Gasteiger partial charge in [0, 0.05) is 44.2 Å². The van der Waals surface area contributed by atoms with E-state index >= 15 is 0 Å². The molecule has 1 aromatic rings. The molecule has 2 heterocycles. The standard InChI is InChI=1S/C19H28ClN3O2S/c20-17-4-1-2-5-18(17)26-15-3-6-21-7-9-23(10-8-21)19(24)16-22-11-13-25-14-12-22/h1-2,4-5H,3,6-16H2. The third kappa shape index (κ3) is 6.13. The van der Waals surface area contributed by atoms with Crippen LogP contribution in [0, 0.1) is 0 Å². The average Bonchev–Trinajstić information content (AvgIpc) is 2.68. The number of ether oxygens (including phenoxy) is 1. The van der Waals surface area contributed by atoms with E-state index in [-0.39, 0.29) is 5.91 Å². The van der Waals surface area contributed by atoms with E-state index in [0.29, 0.717) is 6.54 Å². The molecular formula is C19H28ClN3O2S. The van der Waals surface area contributed by atoms with Gasteiger partial charge in [-0.15, -0.1) is 11.8 Å². The maximum atomic E-state index is 12.4. The molecule has 7 heteroatoms. The first-order chi connectivity index (χ1) is 12.7. The fraction of sp³-hybridized carbons (Fsp3) is 0.632. The molecule has 0 unspecified atom stereocenters. The van der Waals surface area contributed by atoms with Crippen LogP contribution in [0.1, 0.15) is 6.42 Å². The van der Waals surface area contributed by atoms with Gasteiger partial charge < -0.3 is 9.64 Å². The average molecular weight is 398 g/mol. The van der Waals surface area contributed by atoms with Crippen molar-refractivity contribution in [1.29, 1.82) is 0 Å². The van der Waals surface area contributed by atoms with Gasteiger partial charge in [0.1, 0.15) is 0 Å². The SMILES string of the molecule is O=C(CN1CCOCC1)N1CCN(CCCSc2ccccc2Cl)CC1. The van der Waals surface area contributed by atoms with Crippen molar-refractivity contribution in [3.05, 3.63) is 29.3 Å². The molecule has 5 nitrogen and oxygen atoms in total. The molecule has 0 spiro atoms. The topological polar surface area (TPSA) is 36.0 Å². The molecule has 26 heavy (non-hydrogen) atoms. The number of piperazine rings is 1. The third-order valence-corrected chi connectivity index (χ3v) is 6.50. The van der Waals surface area contributed by atoms with Crippen LogP contribution in [-0.4, -0.2) is 91.9 Å². The summed E-state index contributed by atoms with van der Waals surface area (Å²) in [5, 5.41) is 0.838. The van der Waals surface area contributed by atoms with E-state index in [2.05, 4.69) is 15.9 Å². The second kappa shape index (κ2) is 10.5. The Morgan fingerprint density at radius 3 is 2.50 bits per heavy atom. The Balaban J connectivity index is 1.30. The lowest BCUT2D eigenvalue weighted by atomic mass is 10.3. The maximum Gasteiger partial charge on any atom is 0.236 e. The number of morpholine rings is 1. The first-order valence-corrected chi connectivity index (χ1v) is 10.8. The molecule has 0 aliphatic carbocycles. The predicted octanol–water partition coefficient (Wildman–Crippen LogP) is 2.30. The van der Waals surface area contributed by atoms with Crippen molar-refractivity contribution >= 4 is 29.3 Å². The van der Waals surface area contributed by atoms with Gasteiger partial charge >= 0.3 is 0 Å². The van der Waals surface area contributed by atoms with Gasteiger partial charge in [-0.2, -0.15) is 0 Å². The second-order valence-electron chi connectivity index (χ2n) is 6.74. The Morgan fingerprint density at radius 1 is 1.04 bits per heavy atom. The summed E-state index contributed by atoms with van der Waals surface area (Å²) in [4.78, 5) is 20.3. The van der Waals surface area contributed by atoms with Crippen LogP contribution in [0.5, 0.6) is 0 Å². The Hall–Kier alpha value is -0.790. The molecule has 0 radical (unpaired) electrons. The van der Waals surface area contributed by atoms with Gasteiger partial charge in [-0.3, -0.25) is 14.6 Å². The number of benzene rings is 1. The van der Waals surface area contributed by atoms with E-state index in [9.17, 15) is 4.79 Å². The molecule has 2 saturated heterocycles. The van der Waals surface area contributed by atoms with Crippen molar-refractivity contribution in [2.45, 2.75) is 11.3 Å². The van der Waals surface area contributed by atoms with Gasteiger partial charge in [-0.25, -0.2) is 0 Å². The lowest BCUT2D eigenvalue weighted by molar-refractivity contribution is -0.135. The number of hydrogen-bond donors (Lipinski definition) is 0. The highest BCUT2D eigenvalue weighted by Gasteiger charge is 2.23. The lowest BCUT2D eigenvalue weighted by Crippen LogP contribution is -2.52. The molecule has 144 valence electrons. The zero-order valence-electron chi connectivity index (χ0n) is 15.2. The molecule has 2 fully saturated rings. The van der Waals surface area contributed by atoms with Crippen molar-refractivity contribution in [2.24, 2.45) is 0 Å². The number of hydrogen-bond acceptors (Lipinski definition) is 5. The van der Waals surface area contributed by atoms with Crippen LogP contribution in [0.25, 0.3) is 0 Å². The first-order valence-electron chi connectivity index (χ1n) is 9.40. The number of nitrogens with zero attached hydrogens (tertiary/aromatic N) is 3. The number of halogens is 1. The lowest BCUT2D eigenvalue weighted by Gasteiger charge is -2.36. The van der Waals surface area contributed by atoms with Gasteiger partial charge in [0.25, 0.3) is 0 Å². The molecule has 1 amide bonds. The highest BCUT2D eigenvalue weighted by atomic mass is 35.5. The third-order valence-electron chi connectivity index (χ3n) is 4.90. The fourth-order valence-corrected chi connectivity index (χ4v) is 4.48. The molecule has 3 rings (SSSR count). The Morgan fingerprint density at radius 2 is 1.77 bits per heavy atom. The largest absolute Gasteiger partial charge is 0.379 e. The molecule has 0 aromatic heterocycles. The quantitative estimate of drug-likeness (QED) is 0.521. The number of carbonyl (C=O) groups excluding carboxylic acids is 1. The van der Waals surface area contributed by atoms with E-state index in [1.54, 1.807) is 0 Å². The predicted molar refractivity (Wildman–Crippen MR) is 107 cm³/mol. The fourth-order valence-electron chi connectivity index (χ4n) is 3.30. The summed E-state index contributed by atoms with van der Waals surface area (Å²) in [5.41, 5.74) is 0. The number of amides is 1. The van der Waals surface area contributed by atoms with Gasteiger partial charge in [0.15, 0.2) is 0 Å². The van der Waals surface area contributed by atoms with Crippen LogP contribution in [0.15, 0.2) is 29.2 Å². The van der Waals surface area contributed by atoms with Gasteiger partial charge in [-0.1, -0.05) is 23.7 Å². The van der Waals surface area contributed by atoms with Crippen LogP contribution in [0.4, 0.5) is 0 Å². The maximum absolute atomic E-state index is 12.4. The second-order valence-corrected chi connectivity index (χ2v) is 8.29. The minimum absolute atomic E-state index is 0.265. The summed E-state index contributed by atoms with van der Waals surface area (Å²) in [6, 6.07) is 8.01. The zero-order valence-corrected chi connectivity index (χ0v) is 16.8. The minimum Gasteiger partial charge on any atom is -0.379 e. The highest BCUT2D eigenvalue weighted by Crippen LogP contribution is 2.26. The Labute approximate surface area is 165 Å². The van der Waals surface area contributed by atoms with Crippen molar-refractivity contribution in [2.75, 3.05) is 71.3 Å². The monoisotopic (exact) mass is 397 g/mol. The summed E-state index contributed by atoms with van der Waals surface area (Å²) in [6.07, 6.45) is 1.14. The van der Waals surface area contributed by atoms with E-state index in [1.165, 1.54) is 0 Å². The zero-order chi connectivity index (χ0) is 18.2. The van der Waals surface area contributed by atoms with Gasteiger partial charge in [-0.05, 0) is 30.9 Å². The Bertz CT molecular complexity index is 576. The molecule has 0 atom stereocenters.